The van der Waals surface area contributed by atoms with Crippen molar-refractivity contribution in [2.45, 2.75) is 52.1 Å². The third-order valence-electron chi connectivity index (χ3n) is 6.28. The molecule has 0 bridgehead atoms. The van der Waals surface area contributed by atoms with Gasteiger partial charge >= 0.3 is 5.97 Å². The van der Waals surface area contributed by atoms with Crippen LogP contribution in [-0.2, 0) is 0 Å². The third kappa shape index (κ3) is 3.57. The highest BCUT2D eigenvalue weighted by Gasteiger charge is 2.23. The Morgan fingerprint density at radius 2 is 1.87 bits per heavy atom. The molecule has 1 saturated carbocycles. The monoisotopic (exact) mass is 431 g/mol. The largest absolute Gasteiger partial charge is 0.490 e. The number of carboxylic acid groups (broad SMARTS) is 1. The van der Waals surface area contributed by atoms with Crippen molar-refractivity contribution in [1.29, 1.82) is 0 Å². The molecule has 2 heterocycles. The maximum absolute atomic E-state index is 12.3. The summed E-state index contributed by atoms with van der Waals surface area (Å²) in [4.78, 5) is 18.3. The average Bonchev–Trinajstić information content (AvgIpc) is 3.12. The standard InChI is InChI=1S/C26H25NO3S/c1-15-12-13-21(30-17-8-4-3-5-9-17)23-19(26(28)29)14-20(27-24(15)23)25-16(2)18-10-6-7-11-22(18)31-25/h6-7,10-14,17H,3-5,8-9H2,1-2H3,(H,28,29). The summed E-state index contributed by atoms with van der Waals surface area (Å²) >= 11 is 1.66. The molecule has 1 aliphatic carbocycles. The van der Waals surface area contributed by atoms with Crippen LogP contribution in [-0.4, -0.2) is 22.2 Å². The maximum atomic E-state index is 12.3. The van der Waals surface area contributed by atoms with Gasteiger partial charge in [-0.15, -0.1) is 11.3 Å². The molecule has 1 N–H and O–H groups in total. The first-order chi connectivity index (χ1) is 15.0. The Labute approximate surface area is 185 Å². The zero-order chi connectivity index (χ0) is 21.5. The van der Waals surface area contributed by atoms with Gasteiger partial charge in [-0.25, -0.2) is 9.78 Å². The van der Waals surface area contributed by atoms with E-state index >= 15 is 0 Å². The fourth-order valence-corrected chi connectivity index (χ4v) is 5.78. The number of aromatic carboxylic acids is 1. The predicted molar refractivity (Wildman–Crippen MR) is 126 cm³/mol. The van der Waals surface area contributed by atoms with Gasteiger partial charge in [0, 0.05) is 4.70 Å². The summed E-state index contributed by atoms with van der Waals surface area (Å²) in [6, 6.07) is 13.9. The van der Waals surface area contributed by atoms with Crippen LogP contribution in [0.25, 0.3) is 31.6 Å². The SMILES string of the molecule is Cc1c(-c2cc(C(=O)O)c3c(OC4CCCCC4)ccc(C)c3n2)sc2ccccc12. The molecular weight excluding hydrogens is 406 g/mol. The van der Waals surface area contributed by atoms with E-state index in [9.17, 15) is 9.90 Å². The molecule has 1 fully saturated rings. The topological polar surface area (TPSA) is 59.4 Å². The van der Waals surface area contributed by atoms with E-state index in [4.69, 9.17) is 9.72 Å². The first-order valence-electron chi connectivity index (χ1n) is 10.9. The van der Waals surface area contributed by atoms with Crippen LogP contribution in [0.1, 0.15) is 53.6 Å². The van der Waals surface area contributed by atoms with E-state index in [2.05, 4.69) is 19.1 Å². The lowest BCUT2D eigenvalue weighted by Gasteiger charge is -2.24. The summed E-state index contributed by atoms with van der Waals surface area (Å²) < 4.78 is 7.51. The lowest BCUT2D eigenvalue weighted by Crippen LogP contribution is -2.20. The number of nitrogens with zero attached hydrogens (tertiary/aromatic N) is 1. The van der Waals surface area contributed by atoms with Gasteiger partial charge in [0.15, 0.2) is 0 Å². The van der Waals surface area contributed by atoms with Gasteiger partial charge in [0.1, 0.15) is 5.75 Å². The van der Waals surface area contributed by atoms with E-state index in [0.29, 0.717) is 22.3 Å². The molecule has 2 aromatic heterocycles. The first kappa shape index (κ1) is 20.0. The van der Waals surface area contributed by atoms with Crippen LogP contribution >= 0.6 is 11.3 Å². The molecule has 0 spiro atoms. The van der Waals surface area contributed by atoms with Crippen molar-refractivity contribution in [3.05, 3.63) is 59.2 Å². The van der Waals surface area contributed by atoms with Crippen molar-refractivity contribution in [3.63, 3.8) is 0 Å². The second-order valence-electron chi connectivity index (χ2n) is 8.39. The van der Waals surface area contributed by atoms with E-state index in [0.717, 1.165) is 41.7 Å². The fraction of sp³-hybridized carbons (Fsp3) is 0.308. The minimum atomic E-state index is -0.952. The summed E-state index contributed by atoms with van der Waals surface area (Å²) in [6.07, 6.45) is 5.75. The van der Waals surface area contributed by atoms with E-state index in [1.165, 1.54) is 16.5 Å². The summed E-state index contributed by atoms with van der Waals surface area (Å²) in [6.45, 7) is 4.06. The molecule has 2 aromatic carbocycles. The molecule has 5 heteroatoms. The molecule has 158 valence electrons. The Hall–Kier alpha value is -2.92. The molecule has 4 aromatic rings. The van der Waals surface area contributed by atoms with Gasteiger partial charge < -0.3 is 9.84 Å². The van der Waals surface area contributed by atoms with Crippen LogP contribution in [0.5, 0.6) is 5.75 Å². The quantitative estimate of drug-likeness (QED) is 0.373. The Balaban J connectivity index is 1.71. The highest BCUT2D eigenvalue weighted by Crippen LogP contribution is 2.40. The number of thiophene rings is 1. The fourth-order valence-electron chi connectivity index (χ4n) is 4.61. The van der Waals surface area contributed by atoms with Crippen LogP contribution in [0.2, 0.25) is 0 Å². The molecule has 0 atom stereocenters. The molecule has 1 aliphatic rings. The second kappa shape index (κ2) is 7.97. The molecular formula is C26H25NO3S. The van der Waals surface area contributed by atoms with Gasteiger partial charge in [0.25, 0.3) is 0 Å². The third-order valence-corrected chi connectivity index (χ3v) is 7.57. The van der Waals surface area contributed by atoms with Gasteiger partial charge in [-0.2, -0.15) is 0 Å². The predicted octanol–water partition coefficient (Wildman–Crippen LogP) is 7.14. The zero-order valence-corrected chi connectivity index (χ0v) is 18.6. The Kier molecular flexibility index (Phi) is 5.14. The number of aryl methyl sites for hydroxylation is 2. The van der Waals surface area contributed by atoms with Crippen molar-refractivity contribution < 1.29 is 14.6 Å². The van der Waals surface area contributed by atoms with E-state index < -0.39 is 5.97 Å². The number of hydrogen-bond donors (Lipinski definition) is 1. The highest BCUT2D eigenvalue weighted by molar-refractivity contribution is 7.22. The molecule has 0 radical (unpaired) electrons. The normalized spacial score (nSPS) is 14.9. The van der Waals surface area contributed by atoms with Gasteiger partial charge in [-0.3, -0.25) is 0 Å². The van der Waals surface area contributed by atoms with Crippen molar-refractivity contribution >= 4 is 38.3 Å². The lowest BCUT2D eigenvalue weighted by molar-refractivity contribution is 0.0698. The van der Waals surface area contributed by atoms with E-state index in [1.807, 2.05) is 31.2 Å². The Morgan fingerprint density at radius 1 is 1.10 bits per heavy atom. The number of pyridine rings is 1. The summed E-state index contributed by atoms with van der Waals surface area (Å²) in [5, 5.41) is 11.9. The molecule has 0 amide bonds. The minimum absolute atomic E-state index is 0.144. The number of rotatable bonds is 4. The Morgan fingerprint density at radius 3 is 2.61 bits per heavy atom. The maximum Gasteiger partial charge on any atom is 0.336 e. The molecule has 31 heavy (non-hydrogen) atoms. The molecule has 0 saturated heterocycles. The van der Waals surface area contributed by atoms with Crippen molar-refractivity contribution in [1.82, 2.24) is 4.98 Å². The number of aromatic nitrogens is 1. The zero-order valence-electron chi connectivity index (χ0n) is 17.8. The number of carbonyl (C=O) groups is 1. The Bertz CT molecular complexity index is 1300. The highest BCUT2D eigenvalue weighted by atomic mass is 32.1. The number of benzene rings is 2. The first-order valence-corrected chi connectivity index (χ1v) is 11.7. The number of fused-ring (bicyclic) bond motifs is 2. The van der Waals surface area contributed by atoms with Crippen LogP contribution in [0.3, 0.4) is 0 Å². The summed E-state index contributed by atoms with van der Waals surface area (Å²) in [5.41, 5.74) is 3.76. The molecule has 4 nitrogen and oxygen atoms in total. The van der Waals surface area contributed by atoms with Gasteiger partial charge in [0.2, 0.25) is 0 Å². The van der Waals surface area contributed by atoms with Crippen LogP contribution < -0.4 is 4.74 Å². The summed E-state index contributed by atoms with van der Waals surface area (Å²) in [7, 11) is 0. The molecule has 0 unspecified atom stereocenters. The average molecular weight is 432 g/mol. The number of carboxylic acids is 1. The van der Waals surface area contributed by atoms with Crippen LogP contribution in [0.15, 0.2) is 42.5 Å². The van der Waals surface area contributed by atoms with Gasteiger partial charge in [-0.05, 0) is 74.2 Å². The summed E-state index contributed by atoms with van der Waals surface area (Å²) in [5.74, 6) is -0.316. The lowest BCUT2D eigenvalue weighted by atomic mass is 9.97. The van der Waals surface area contributed by atoms with Crippen molar-refractivity contribution in [2.24, 2.45) is 0 Å². The smallest absolute Gasteiger partial charge is 0.336 e. The number of ether oxygens (including phenoxy) is 1. The van der Waals surface area contributed by atoms with Crippen LogP contribution in [0, 0.1) is 13.8 Å². The van der Waals surface area contributed by atoms with E-state index in [-0.39, 0.29) is 11.7 Å². The van der Waals surface area contributed by atoms with Crippen LogP contribution in [0.4, 0.5) is 0 Å². The molecule has 5 rings (SSSR count). The molecule has 0 aliphatic heterocycles. The van der Waals surface area contributed by atoms with E-state index in [1.54, 1.807) is 17.4 Å². The van der Waals surface area contributed by atoms with Crippen molar-refractivity contribution in [3.8, 4) is 16.3 Å². The van der Waals surface area contributed by atoms with Crippen molar-refractivity contribution in [2.75, 3.05) is 0 Å². The second-order valence-corrected chi connectivity index (χ2v) is 9.45. The minimum Gasteiger partial charge on any atom is -0.490 e. The van der Waals surface area contributed by atoms with Gasteiger partial charge in [0.05, 0.1) is 33.1 Å². The number of hydrogen-bond acceptors (Lipinski definition) is 4. The van der Waals surface area contributed by atoms with Gasteiger partial charge in [-0.1, -0.05) is 30.7 Å².